The van der Waals surface area contributed by atoms with Crippen molar-refractivity contribution in [3.05, 3.63) is 59.9 Å². The lowest BCUT2D eigenvalue weighted by atomic mass is 10.1. The fraction of sp³-hybridized carbons (Fsp3) is 0.250. The van der Waals surface area contributed by atoms with Gasteiger partial charge in [-0.25, -0.2) is 13.1 Å². The van der Waals surface area contributed by atoms with Crippen LogP contribution in [-0.4, -0.2) is 26.6 Å². The van der Waals surface area contributed by atoms with Gasteiger partial charge in [0.2, 0.25) is 10.0 Å². The van der Waals surface area contributed by atoms with Crippen LogP contribution in [0.3, 0.4) is 0 Å². The first kappa shape index (κ1) is 19.0. The Morgan fingerprint density at radius 3 is 2.71 bits per heavy atom. The van der Waals surface area contributed by atoms with Gasteiger partial charge in [-0.1, -0.05) is 24.3 Å². The van der Waals surface area contributed by atoms with Gasteiger partial charge in [-0.05, 0) is 43.4 Å². The maximum absolute atomic E-state index is 12.8. The van der Waals surface area contributed by atoms with Crippen molar-refractivity contribution < 1.29 is 17.6 Å². The highest BCUT2D eigenvalue weighted by molar-refractivity contribution is 7.97. The molecule has 2 N–H and O–H groups in total. The van der Waals surface area contributed by atoms with Crippen molar-refractivity contribution >= 4 is 44.3 Å². The molecule has 146 valence electrons. The van der Waals surface area contributed by atoms with Gasteiger partial charge in [0.15, 0.2) is 5.76 Å². The Morgan fingerprint density at radius 2 is 1.96 bits per heavy atom. The fourth-order valence-electron chi connectivity index (χ4n) is 2.99. The monoisotopic (exact) mass is 416 g/mol. The molecule has 0 unspecified atom stereocenters. The normalized spacial score (nSPS) is 14.3. The second kappa shape index (κ2) is 7.62. The van der Waals surface area contributed by atoms with Gasteiger partial charge in [-0.2, -0.15) is 11.8 Å². The minimum absolute atomic E-state index is 0.0212. The van der Waals surface area contributed by atoms with Crippen LogP contribution < -0.4 is 10.0 Å². The number of benzene rings is 2. The van der Waals surface area contributed by atoms with Crippen LogP contribution in [0.25, 0.3) is 11.0 Å². The van der Waals surface area contributed by atoms with E-state index >= 15 is 0 Å². The summed E-state index contributed by atoms with van der Waals surface area (Å²) in [7, 11) is -3.59. The highest BCUT2D eigenvalue weighted by Gasteiger charge is 2.28. The molecule has 28 heavy (non-hydrogen) atoms. The van der Waals surface area contributed by atoms with E-state index in [-0.39, 0.29) is 16.7 Å². The van der Waals surface area contributed by atoms with Gasteiger partial charge >= 0.3 is 0 Å². The Hall–Kier alpha value is -2.29. The molecule has 1 amide bonds. The Labute approximate surface area is 167 Å². The van der Waals surface area contributed by atoms with Gasteiger partial charge in [0.1, 0.15) is 5.58 Å². The van der Waals surface area contributed by atoms with Crippen molar-refractivity contribution in [3.63, 3.8) is 0 Å². The van der Waals surface area contributed by atoms with Crippen LogP contribution in [0, 0.1) is 0 Å². The first-order valence-corrected chi connectivity index (χ1v) is 11.8. The molecule has 4 rings (SSSR count). The van der Waals surface area contributed by atoms with E-state index in [1.54, 1.807) is 23.9 Å². The maximum Gasteiger partial charge on any atom is 0.291 e. The van der Waals surface area contributed by atoms with Crippen LogP contribution in [0.5, 0.6) is 0 Å². The predicted molar refractivity (Wildman–Crippen MR) is 111 cm³/mol. The first-order chi connectivity index (χ1) is 13.5. The van der Waals surface area contributed by atoms with Crippen molar-refractivity contribution in [1.82, 2.24) is 4.72 Å². The molecule has 0 atom stereocenters. The zero-order chi connectivity index (χ0) is 19.7. The van der Waals surface area contributed by atoms with Gasteiger partial charge in [-0.3, -0.25) is 4.79 Å². The lowest BCUT2D eigenvalue weighted by Gasteiger charge is -2.09. The Bertz CT molecular complexity index is 1130. The third-order valence-corrected chi connectivity index (χ3v) is 6.59. The molecule has 2 aromatic carbocycles. The second-order valence-electron chi connectivity index (χ2n) is 6.72. The molecule has 0 bridgehead atoms. The zero-order valence-electron chi connectivity index (χ0n) is 15.3. The maximum atomic E-state index is 12.8. The minimum Gasteiger partial charge on any atom is -0.451 e. The summed E-state index contributed by atoms with van der Waals surface area (Å²) in [6.07, 6.45) is 3.69. The molecule has 3 aromatic rings. The summed E-state index contributed by atoms with van der Waals surface area (Å²) in [4.78, 5) is 13.0. The zero-order valence-corrected chi connectivity index (χ0v) is 16.9. The van der Waals surface area contributed by atoms with Crippen molar-refractivity contribution in [2.24, 2.45) is 0 Å². The molecular formula is C20H20N2O4S2. The number of carbonyl (C=O) groups is 1. The van der Waals surface area contributed by atoms with E-state index in [0.29, 0.717) is 17.0 Å². The van der Waals surface area contributed by atoms with Crippen molar-refractivity contribution in [2.75, 3.05) is 11.6 Å². The Kier molecular flexibility index (Phi) is 5.18. The standard InChI is InChI=1S/C20H20N2O4S2/c1-27-12-17-16-7-2-3-8-18(16)26-19(17)20(23)21-14-5-4-6-15(11-14)28(24,25)22-13-9-10-13/h2-8,11,13,22H,9-10,12H2,1H3,(H,21,23). The highest BCUT2D eigenvalue weighted by Crippen LogP contribution is 2.29. The van der Waals surface area contributed by atoms with Gasteiger partial charge in [-0.15, -0.1) is 0 Å². The van der Waals surface area contributed by atoms with Crippen LogP contribution in [0.15, 0.2) is 57.8 Å². The third-order valence-electron chi connectivity index (χ3n) is 4.49. The number of furan rings is 1. The summed E-state index contributed by atoms with van der Waals surface area (Å²) in [6.45, 7) is 0. The van der Waals surface area contributed by atoms with E-state index in [1.807, 2.05) is 30.5 Å². The van der Waals surface area contributed by atoms with E-state index in [0.717, 1.165) is 23.8 Å². The summed E-state index contributed by atoms with van der Waals surface area (Å²) in [5.41, 5.74) is 1.89. The van der Waals surface area contributed by atoms with E-state index in [4.69, 9.17) is 4.42 Å². The quantitative estimate of drug-likeness (QED) is 0.608. The molecule has 6 nitrogen and oxygen atoms in total. The number of fused-ring (bicyclic) bond motifs is 1. The number of amides is 1. The molecule has 0 saturated heterocycles. The fourth-order valence-corrected chi connectivity index (χ4v) is 4.91. The smallest absolute Gasteiger partial charge is 0.291 e. The summed E-state index contributed by atoms with van der Waals surface area (Å²) >= 11 is 1.60. The van der Waals surface area contributed by atoms with Gasteiger partial charge in [0.25, 0.3) is 5.91 Å². The molecule has 1 fully saturated rings. The van der Waals surface area contributed by atoms with E-state index < -0.39 is 15.9 Å². The number of carbonyl (C=O) groups excluding carboxylic acids is 1. The first-order valence-electron chi connectivity index (χ1n) is 8.91. The molecule has 1 aliphatic rings. The molecule has 0 radical (unpaired) electrons. The average molecular weight is 417 g/mol. The van der Waals surface area contributed by atoms with Crippen LogP contribution >= 0.6 is 11.8 Å². The molecule has 0 spiro atoms. The van der Waals surface area contributed by atoms with Crippen LogP contribution in [0.4, 0.5) is 5.69 Å². The average Bonchev–Trinajstić information content (AvgIpc) is 3.40. The topological polar surface area (TPSA) is 88.4 Å². The Morgan fingerprint density at radius 1 is 1.18 bits per heavy atom. The summed E-state index contributed by atoms with van der Waals surface area (Å²) in [6, 6.07) is 13.8. The third kappa shape index (κ3) is 3.94. The molecular weight excluding hydrogens is 396 g/mol. The summed E-state index contributed by atoms with van der Waals surface area (Å²) in [5, 5.41) is 3.67. The lowest BCUT2D eigenvalue weighted by Crippen LogP contribution is -2.25. The van der Waals surface area contributed by atoms with Crippen molar-refractivity contribution in [1.29, 1.82) is 0 Å². The van der Waals surface area contributed by atoms with Gasteiger partial charge in [0, 0.05) is 28.4 Å². The molecule has 1 saturated carbocycles. The predicted octanol–water partition coefficient (Wildman–Crippen LogP) is 3.99. The van der Waals surface area contributed by atoms with Crippen LogP contribution in [0.2, 0.25) is 0 Å². The number of para-hydroxylation sites is 1. The second-order valence-corrected chi connectivity index (χ2v) is 9.30. The van der Waals surface area contributed by atoms with Crippen molar-refractivity contribution in [2.45, 2.75) is 29.5 Å². The number of hydrogen-bond acceptors (Lipinski definition) is 5. The van der Waals surface area contributed by atoms with E-state index in [1.165, 1.54) is 12.1 Å². The number of thioether (sulfide) groups is 1. The van der Waals surface area contributed by atoms with E-state index in [2.05, 4.69) is 10.0 Å². The van der Waals surface area contributed by atoms with Gasteiger partial charge in [0.05, 0.1) is 4.90 Å². The number of rotatable bonds is 7. The largest absolute Gasteiger partial charge is 0.451 e. The lowest BCUT2D eigenvalue weighted by molar-refractivity contribution is 0.0997. The van der Waals surface area contributed by atoms with Crippen LogP contribution in [-0.2, 0) is 15.8 Å². The van der Waals surface area contributed by atoms with E-state index in [9.17, 15) is 13.2 Å². The molecule has 0 aliphatic heterocycles. The number of sulfonamides is 1. The highest BCUT2D eigenvalue weighted by atomic mass is 32.2. The molecule has 1 aromatic heterocycles. The van der Waals surface area contributed by atoms with Gasteiger partial charge < -0.3 is 9.73 Å². The Balaban J connectivity index is 1.61. The number of hydrogen-bond donors (Lipinski definition) is 2. The number of anilines is 1. The number of nitrogens with one attached hydrogen (secondary N) is 2. The SMILES string of the molecule is CSCc1c(C(=O)Nc2cccc(S(=O)(=O)NC3CC3)c2)oc2ccccc12. The molecule has 1 aliphatic carbocycles. The molecule has 1 heterocycles. The summed E-state index contributed by atoms with van der Waals surface area (Å²) in [5.74, 6) is 0.490. The van der Waals surface area contributed by atoms with Crippen molar-refractivity contribution in [3.8, 4) is 0 Å². The molecule has 8 heteroatoms. The van der Waals surface area contributed by atoms with Crippen LogP contribution in [0.1, 0.15) is 29.0 Å². The minimum atomic E-state index is -3.59. The summed E-state index contributed by atoms with van der Waals surface area (Å²) < 4.78 is 33.2.